The molecule has 0 saturated heterocycles. The predicted molar refractivity (Wildman–Crippen MR) is 57.2 cm³/mol. The van der Waals surface area contributed by atoms with Gasteiger partial charge in [-0.1, -0.05) is 20.3 Å². The molecule has 0 bridgehead atoms. The second-order valence-corrected chi connectivity index (χ2v) is 4.01. The number of nitrogens with zero attached hydrogens (tertiary/aromatic N) is 1. The first kappa shape index (κ1) is 13.4. The first-order valence-corrected chi connectivity index (χ1v) is 5.14. The Hall–Kier alpha value is -0.610. The minimum atomic E-state index is -0.915. The standard InChI is InChI=1S/C10H22N2O2/c1-4-8(2)7-12(3)6-5-9(11)10(13)14/h8-9H,4-7,11H2,1-3H3,(H,13,14). The van der Waals surface area contributed by atoms with Crippen LogP contribution in [0.1, 0.15) is 26.7 Å². The van der Waals surface area contributed by atoms with E-state index in [1.807, 2.05) is 7.05 Å². The lowest BCUT2D eigenvalue weighted by molar-refractivity contribution is -0.138. The van der Waals surface area contributed by atoms with Gasteiger partial charge >= 0.3 is 5.97 Å². The number of rotatable bonds is 7. The van der Waals surface area contributed by atoms with Gasteiger partial charge in [-0.05, 0) is 25.9 Å². The summed E-state index contributed by atoms with van der Waals surface area (Å²) in [7, 11) is 2.00. The monoisotopic (exact) mass is 202 g/mol. The fraction of sp³-hybridized carbons (Fsp3) is 0.900. The molecular formula is C10H22N2O2. The predicted octanol–water partition coefficient (Wildman–Crippen LogP) is 0.766. The molecule has 2 atom stereocenters. The molecule has 0 aliphatic carbocycles. The molecule has 3 N–H and O–H groups in total. The molecule has 84 valence electrons. The summed E-state index contributed by atoms with van der Waals surface area (Å²) in [5.41, 5.74) is 5.40. The molecule has 0 aromatic heterocycles. The van der Waals surface area contributed by atoms with E-state index in [4.69, 9.17) is 10.8 Å². The molecule has 0 heterocycles. The zero-order chi connectivity index (χ0) is 11.1. The first-order valence-electron chi connectivity index (χ1n) is 5.14. The lowest BCUT2D eigenvalue weighted by Gasteiger charge is -2.21. The number of aliphatic carboxylic acids is 1. The van der Waals surface area contributed by atoms with Crippen LogP contribution in [0.2, 0.25) is 0 Å². The fourth-order valence-corrected chi connectivity index (χ4v) is 1.24. The van der Waals surface area contributed by atoms with Crippen LogP contribution in [0.15, 0.2) is 0 Å². The third-order valence-electron chi connectivity index (χ3n) is 2.46. The Morgan fingerprint density at radius 1 is 1.57 bits per heavy atom. The number of carboxylic acid groups (broad SMARTS) is 1. The van der Waals surface area contributed by atoms with Gasteiger partial charge in [0.05, 0.1) is 0 Å². The van der Waals surface area contributed by atoms with E-state index in [-0.39, 0.29) is 0 Å². The molecule has 0 aromatic rings. The van der Waals surface area contributed by atoms with Crippen LogP contribution in [-0.2, 0) is 4.79 Å². The minimum absolute atomic E-state index is 0.516. The topological polar surface area (TPSA) is 66.6 Å². The zero-order valence-corrected chi connectivity index (χ0v) is 9.36. The Balaban J connectivity index is 3.63. The van der Waals surface area contributed by atoms with Crippen molar-refractivity contribution in [3.8, 4) is 0 Å². The summed E-state index contributed by atoms with van der Waals surface area (Å²) in [6.45, 7) is 6.09. The third kappa shape index (κ3) is 5.94. The number of carbonyl (C=O) groups is 1. The maximum absolute atomic E-state index is 10.4. The summed E-state index contributed by atoms with van der Waals surface area (Å²) in [6, 6.07) is -0.727. The lowest BCUT2D eigenvalue weighted by Crippen LogP contribution is -2.35. The highest BCUT2D eigenvalue weighted by molar-refractivity contribution is 5.72. The lowest BCUT2D eigenvalue weighted by atomic mass is 10.1. The van der Waals surface area contributed by atoms with Crippen molar-refractivity contribution in [1.82, 2.24) is 4.90 Å². The normalized spacial score (nSPS) is 15.5. The van der Waals surface area contributed by atoms with Gasteiger partial charge in [-0.2, -0.15) is 0 Å². The van der Waals surface area contributed by atoms with Gasteiger partial charge in [0.1, 0.15) is 6.04 Å². The molecular weight excluding hydrogens is 180 g/mol. The van der Waals surface area contributed by atoms with E-state index >= 15 is 0 Å². The Kier molecular flexibility index (Phi) is 6.49. The first-order chi connectivity index (χ1) is 6.47. The summed E-state index contributed by atoms with van der Waals surface area (Å²) < 4.78 is 0. The molecule has 0 aliphatic heterocycles. The highest BCUT2D eigenvalue weighted by Gasteiger charge is 2.12. The van der Waals surface area contributed by atoms with Gasteiger partial charge < -0.3 is 15.7 Å². The largest absolute Gasteiger partial charge is 0.480 e. The molecule has 14 heavy (non-hydrogen) atoms. The van der Waals surface area contributed by atoms with Gasteiger partial charge in [-0.3, -0.25) is 4.79 Å². The second-order valence-electron chi connectivity index (χ2n) is 4.01. The smallest absolute Gasteiger partial charge is 0.320 e. The molecule has 0 saturated carbocycles. The van der Waals surface area contributed by atoms with Crippen molar-refractivity contribution in [2.45, 2.75) is 32.7 Å². The molecule has 4 heteroatoms. The van der Waals surface area contributed by atoms with Crippen molar-refractivity contribution in [3.05, 3.63) is 0 Å². The molecule has 0 radical (unpaired) electrons. The van der Waals surface area contributed by atoms with Crippen molar-refractivity contribution < 1.29 is 9.90 Å². The van der Waals surface area contributed by atoms with Crippen molar-refractivity contribution in [3.63, 3.8) is 0 Å². The molecule has 0 fully saturated rings. The van der Waals surface area contributed by atoms with E-state index in [0.717, 1.165) is 19.5 Å². The Morgan fingerprint density at radius 3 is 2.57 bits per heavy atom. The van der Waals surface area contributed by atoms with Gasteiger partial charge in [0, 0.05) is 6.54 Å². The molecule has 0 rings (SSSR count). The van der Waals surface area contributed by atoms with Crippen LogP contribution in [0.25, 0.3) is 0 Å². The summed E-state index contributed by atoms with van der Waals surface area (Å²) in [5.74, 6) is -0.261. The van der Waals surface area contributed by atoms with E-state index in [0.29, 0.717) is 12.3 Å². The van der Waals surface area contributed by atoms with Crippen molar-refractivity contribution in [1.29, 1.82) is 0 Å². The minimum Gasteiger partial charge on any atom is -0.480 e. The Bertz CT molecular complexity index is 174. The zero-order valence-electron chi connectivity index (χ0n) is 9.36. The summed E-state index contributed by atoms with van der Waals surface area (Å²) in [4.78, 5) is 12.6. The van der Waals surface area contributed by atoms with Gasteiger partial charge in [-0.25, -0.2) is 0 Å². The SMILES string of the molecule is CCC(C)CN(C)CCC(N)C(=O)O. The van der Waals surface area contributed by atoms with Gasteiger partial charge in [-0.15, -0.1) is 0 Å². The molecule has 4 nitrogen and oxygen atoms in total. The summed E-state index contributed by atoms with van der Waals surface area (Å²) in [6.07, 6.45) is 1.66. The van der Waals surface area contributed by atoms with Crippen LogP contribution in [-0.4, -0.2) is 42.2 Å². The Labute approximate surface area is 86.1 Å². The van der Waals surface area contributed by atoms with Crippen molar-refractivity contribution >= 4 is 5.97 Å². The molecule has 0 amide bonds. The number of hydrogen-bond acceptors (Lipinski definition) is 3. The van der Waals surface area contributed by atoms with Crippen molar-refractivity contribution in [2.24, 2.45) is 11.7 Å². The quantitative estimate of drug-likeness (QED) is 0.640. The number of nitrogens with two attached hydrogens (primary N) is 1. The Morgan fingerprint density at radius 2 is 2.14 bits per heavy atom. The fourth-order valence-electron chi connectivity index (χ4n) is 1.24. The number of carboxylic acids is 1. The van der Waals surface area contributed by atoms with Gasteiger partial charge in [0.2, 0.25) is 0 Å². The molecule has 2 unspecified atom stereocenters. The second kappa shape index (κ2) is 6.79. The summed E-state index contributed by atoms with van der Waals surface area (Å²) >= 11 is 0. The average Bonchev–Trinajstić information content (AvgIpc) is 2.13. The third-order valence-corrected chi connectivity index (χ3v) is 2.46. The maximum atomic E-state index is 10.4. The van der Waals surface area contributed by atoms with Gasteiger partial charge in [0.25, 0.3) is 0 Å². The van der Waals surface area contributed by atoms with E-state index < -0.39 is 12.0 Å². The highest BCUT2D eigenvalue weighted by atomic mass is 16.4. The van der Waals surface area contributed by atoms with E-state index in [2.05, 4.69) is 18.7 Å². The average molecular weight is 202 g/mol. The summed E-state index contributed by atoms with van der Waals surface area (Å²) in [5, 5.41) is 8.58. The van der Waals surface area contributed by atoms with Crippen molar-refractivity contribution in [2.75, 3.05) is 20.1 Å². The molecule has 0 aromatic carbocycles. The van der Waals surface area contributed by atoms with Gasteiger partial charge in [0.15, 0.2) is 0 Å². The van der Waals surface area contributed by atoms with E-state index in [9.17, 15) is 4.79 Å². The number of hydrogen-bond donors (Lipinski definition) is 2. The van der Waals surface area contributed by atoms with Crippen LogP contribution in [0.3, 0.4) is 0 Å². The molecule has 0 spiro atoms. The van der Waals surface area contributed by atoms with Crippen LogP contribution in [0.4, 0.5) is 0 Å². The van der Waals surface area contributed by atoms with Crippen LogP contribution in [0.5, 0.6) is 0 Å². The van der Waals surface area contributed by atoms with Crippen LogP contribution >= 0.6 is 0 Å². The van der Waals surface area contributed by atoms with E-state index in [1.165, 1.54) is 0 Å². The van der Waals surface area contributed by atoms with Crippen LogP contribution in [0, 0.1) is 5.92 Å². The van der Waals surface area contributed by atoms with E-state index in [1.54, 1.807) is 0 Å². The maximum Gasteiger partial charge on any atom is 0.320 e. The van der Waals surface area contributed by atoms with Crippen LogP contribution < -0.4 is 5.73 Å². The highest BCUT2D eigenvalue weighted by Crippen LogP contribution is 2.03. The molecule has 0 aliphatic rings.